The minimum atomic E-state index is -0.608. The fourth-order valence-electron chi connectivity index (χ4n) is 1.08. The summed E-state index contributed by atoms with van der Waals surface area (Å²) in [5.74, 6) is -1.14. The van der Waals surface area contributed by atoms with Crippen LogP contribution in [0.4, 0.5) is 14.9 Å². The fourth-order valence-corrected chi connectivity index (χ4v) is 1.08. The summed E-state index contributed by atoms with van der Waals surface area (Å²) < 4.78 is 18.4. The van der Waals surface area contributed by atoms with E-state index in [1.165, 1.54) is 19.2 Å². The first-order chi connectivity index (χ1) is 8.43. The number of amides is 2. The summed E-state index contributed by atoms with van der Waals surface area (Å²) in [6.07, 6.45) is 0. The van der Waals surface area contributed by atoms with Gasteiger partial charge >= 0.3 is 12.0 Å². The van der Waals surface area contributed by atoms with Crippen LogP contribution in [0.3, 0.4) is 0 Å². The molecule has 0 aliphatic carbocycles. The molecular formula is C12H15FN2O3. The molecule has 0 atom stereocenters. The van der Waals surface area contributed by atoms with E-state index in [0.29, 0.717) is 0 Å². The Kier molecular flexibility index (Phi) is 4.65. The zero-order chi connectivity index (χ0) is 13.7. The molecule has 0 saturated heterocycles. The van der Waals surface area contributed by atoms with Crippen LogP contribution >= 0.6 is 0 Å². The molecule has 2 N–H and O–H groups in total. The van der Waals surface area contributed by atoms with Crippen LogP contribution in [0, 0.1) is 11.7 Å². The van der Waals surface area contributed by atoms with Crippen molar-refractivity contribution in [3.05, 3.63) is 24.0 Å². The Bertz CT molecular complexity index is 461. The summed E-state index contributed by atoms with van der Waals surface area (Å²) >= 11 is 0. The standard InChI is InChI=1S/C12H15FN2O3/c1-7(2)11(16)18-8-4-5-9(13)10(6-8)15-12(17)14-3/h4-7H,1-3H3,(H2,14,15,17). The highest BCUT2D eigenvalue weighted by molar-refractivity contribution is 5.89. The zero-order valence-corrected chi connectivity index (χ0v) is 10.4. The predicted octanol–water partition coefficient (Wildman–Crippen LogP) is 2.14. The Hall–Kier alpha value is -2.11. The number of rotatable bonds is 3. The third-order valence-corrected chi connectivity index (χ3v) is 2.10. The maximum absolute atomic E-state index is 13.4. The quantitative estimate of drug-likeness (QED) is 0.641. The molecule has 18 heavy (non-hydrogen) atoms. The van der Waals surface area contributed by atoms with Crippen molar-refractivity contribution in [1.82, 2.24) is 5.32 Å². The average Bonchev–Trinajstić information content (AvgIpc) is 2.33. The van der Waals surface area contributed by atoms with Crippen molar-refractivity contribution < 1.29 is 18.7 Å². The van der Waals surface area contributed by atoms with Crippen molar-refractivity contribution in [2.24, 2.45) is 5.92 Å². The molecule has 1 rings (SSSR count). The van der Waals surface area contributed by atoms with Crippen LogP contribution in [0.25, 0.3) is 0 Å². The highest BCUT2D eigenvalue weighted by Crippen LogP contribution is 2.22. The lowest BCUT2D eigenvalue weighted by atomic mass is 10.2. The summed E-state index contributed by atoms with van der Waals surface area (Å²) in [7, 11) is 1.41. The van der Waals surface area contributed by atoms with Gasteiger partial charge in [0.2, 0.25) is 0 Å². The first-order valence-corrected chi connectivity index (χ1v) is 5.44. The van der Waals surface area contributed by atoms with E-state index in [-0.39, 0.29) is 17.4 Å². The number of carbonyl (C=O) groups excluding carboxylic acids is 2. The molecule has 0 unspecified atom stereocenters. The highest BCUT2D eigenvalue weighted by Gasteiger charge is 2.12. The van der Waals surface area contributed by atoms with Crippen molar-refractivity contribution in [2.45, 2.75) is 13.8 Å². The number of esters is 1. The number of hydrogen-bond acceptors (Lipinski definition) is 3. The number of ether oxygens (including phenoxy) is 1. The Morgan fingerprint density at radius 1 is 1.33 bits per heavy atom. The minimum absolute atomic E-state index is 0.0524. The average molecular weight is 254 g/mol. The molecule has 0 heterocycles. The lowest BCUT2D eigenvalue weighted by Gasteiger charge is -2.10. The lowest BCUT2D eigenvalue weighted by molar-refractivity contribution is -0.137. The predicted molar refractivity (Wildman–Crippen MR) is 65.0 cm³/mol. The molecule has 0 aromatic heterocycles. The van der Waals surface area contributed by atoms with Gasteiger partial charge in [0.05, 0.1) is 11.6 Å². The van der Waals surface area contributed by atoms with Gasteiger partial charge in [-0.25, -0.2) is 9.18 Å². The van der Waals surface area contributed by atoms with Gasteiger partial charge in [-0.3, -0.25) is 4.79 Å². The molecule has 0 bridgehead atoms. The summed E-state index contributed by atoms with van der Waals surface area (Å²) in [6.45, 7) is 3.38. The summed E-state index contributed by atoms with van der Waals surface area (Å²) in [6, 6.07) is 3.14. The van der Waals surface area contributed by atoms with Crippen LogP contribution in [0.15, 0.2) is 18.2 Å². The van der Waals surface area contributed by atoms with Crippen LogP contribution in [-0.2, 0) is 4.79 Å². The molecule has 1 aromatic carbocycles. The molecule has 6 heteroatoms. The third-order valence-electron chi connectivity index (χ3n) is 2.10. The molecule has 0 saturated carbocycles. The zero-order valence-electron chi connectivity index (χ0n) is 10.4. The Labute approximate surface area is 104 Å². The number of carbonyl (C=O) groups is 2. The molecule has 0 spiro atoms. The number of nitrogens with one attached hydrogen (secondary N) is 2. The van der Waals surface area contributed by atoms with Gasteiger partial charge in [-0.15, -0.1) is 0 Å². The third kappa shape index (κ3) is 3.73. The van der Waals surface area contributed by atoms with Gasteiger partial charge < -0.3 is 15.4 Å². The van der Waals surface area contributed by atoms with E-state index in [4.69, 9.17) is 4.74 Å². The number of urea groups is 1. The van der Waals surface area contributed by atoms with E-state index >= 15 is 0 Å². The van der Waals surface area contributed by atoms with Crippen molar-refractivity contribution >= 4 is 17.7 Å². The molecular weight excluding hydrogens is 239 g/mol. The molecule has 98 valence electrons. The maximum Gasteiger partial charge on any atom is 0.319 e. The van der Waals surface area contributed by atoms with Gasteiger partial charge in [-0.2, -0.15) is 0 Å². The summed E-state index contributed by atoms with van der Waals surface area (Å²) in [5.41, 5.74) is -0.0524. The number of hydrogen-bond donors (Lipinski definition) is 2. The molecule has 0 fully saturated rings. The topological polar surface area (TPSA) is 67.4 Å². The van der Waals surface area contributed by atoms with E-state index in [9.17, 15) is 14.0 Å². The fraction of sp³-hybridized carbons (Fsp3) is 0.333. The van der Waals surface area contributed by atoms with Crippen LogP contribution in [0.1, 0.15) is 13.8 Å². The molecule has 0 aliphatic heterocycles. The number of anilines is 1. The van der Waals surface area contributed by atoms with Crippen molar-refractivity contribution in [3.8, 4) is 5.75 Å². The van der Waals surface area contributed by atoms with Crippen LogP contribution < -0.4 is 15.4 Å². The van der Waals surface area contributed by atoms with Gasteiger partial charge in [-0.05, 0) is 12.1 Å². The Morgan fingerprint density at radius 2 is 2.00 bits per heavy atom. The lowest BCUT2D eigenvalue weighted by Crippen LogP contribution is -2.25. The largest absolute Gasteiger partial charge is 0.426 e. The molecule has 0 radical (unpaired) electrons. The molecule has 1 aromatic rings. The maximum atomic E-state index is 13.4. The van der Waals surface area contributed by atoms with Crippen LogP contribution in [-0.4, -0.2) is 19.0 Å². The van der Waals surface area contributed by atoms with E-state index in [2.05, 4.69) is 10.6 Å². The highest BCUT2D eigenvalue weighted by atomic mass is 19.1. The van der Waals surface area contributed by atoms with E-state index < -0.39 is 17.8 Å². The second kappa shape index (κ2) is 6.00. The molecule has 0 aliphatic rings. The molecule has 5 nitrogen and oxygen atoms in total. The van der Waals surface area contributed by atoms with Gasteiger partial charge in [-0.1, -0.05) is 13.8 Å². The number of benzene rings is 1. The van der Waals surface area contributed by atoms with Crippen molar-refractivity contribution in [1.29, 1.82) is 0 Å². The number of halogens is 1. The minimum Gasteiger partial charge on any atom is -0.426 e. The summed E-state index contributed by atoms with van der Waals surface area (Å²) in [5, 5.41) is 4.58. The normalized spacial score (nSPS) is 10.1. The SMILES string of the molecule is CNC(=O)Nc1cc(OC(=O)C(C)C)ccc1F. The van der Waals surface area contributed by atoms with Crippen LogP contribution in [0.5, 0.6) is 5.75 Å². The first-order valence-electron chi connectivity index (χ1n) is 5.44. The van der Waals surface area contributed by atoms with Crippen molar-refractivity contribution in [2.75, 3.05) is 12.4 Å². The second-order valence-electron chi connectivity index (χ2n) is 3.92. The van der Waals surface area contributed by atoms with Gasteiger partial charge in [0.25, 0.3) is 0 Å². The van der Waals surface area contributed by atoms with E-state index in [1.54, 1.807) is 13.8 Å². The van der Waals surface area contributed by atoms with Crippen LogP contribution in [0.2, 0.25) is 0 Å². The Balaban J connectivity index is 2.86. The smallest absolute Gasteiger partial charge is 0.319 e. The molecule has 2 amide bonds. The van der Waals surface area contributed by atoms with E-state index in [1.807, 2.05) is 0 Å². The monoisotopic (exact) mass is 254 g/mol. The first kappa shape index (κ1) is 14.0. The summed E-state index contributed by atoms with van der Waals surface area (Å²) in [4.78, 5) is 22.4. The van der Waals surface area contributed by atoms with Gasteiger partial charge in [0.1, 0.15) is 11.6 Å². The van der Waals surface area contributed by atoms with Crippen molar-refractivity contribution in [3.63, 3.8) is 0 Å². The van der Waals surface area contributed by atoms with E-state index in [0.717, 1.165) is 6.07 Å². The van der Waals surface area contributed by atoms with Gasteiger partial charge in [0.15, 0.2) is 0 Å². The van der Waals surface area contributed by atoms with Gasteiger partial charge in [0, 0.05) is 13.1 Å². The second-order valence-corrected chi connectivity index (χ2v) is 3.92. The Morgan fingerprint density at radius 3 is 2.56 bits per heavy atom.